The lowest BCUT2D eigenvalue weighted by atomic mass is 10.1. The minimum atomic E-state index is -0.912. The number of likely N-dealkylation sites (tertiary alicyclic amines) is 1. The molecule has 3 unspecified atom stereocenters. The van der Waals surface area contributed by atoms with E-state index in [2.05, 4.69) is 17.6 Å². The van der Waals surface area contributed by atoms with Crippen molar-refractivity contribution >= 4 is 41.4 Å². The summed E-state index contributed by atoms with van der Waals surface area (Å²) in [6.07, 6.45) is 4.20. The molecule has 2 fully saturated rings. The van der Waals surface area contributed by atoms with Crippen molar-refractivity contribution in [2.45, 2.75) is 51.2 Å². The van der Waals surface area contributed by atoms with E-state index in [1.165, 1.54) is 11.3 Å². The monoisotopic (exact) mass is 543 g/mol. The van der Waals surface area contributed by atoms with Gasteiger partial charge in [0.05, 0.1) is 25.3 Å². The van der Waals surface area contributed by atoms with E-state index in [1.54, 1.807) is 40.6 Å². The Morgan fingerprint density at radius 1 is 1.24 bits per heavy atom. The number of carbonyl (C=O) groups excluding carboxylic acids is 3. The van der Waals surface area contributed by atoms with Gasteiger partial charge in [-0.1, -0.05) is 13.3 Å². The lowest BCUT2D eigenvalue weighted by molar-refractivity contribution is -0.139. The van der Waals surface area contributed by atoms with Gasteiger partial charge in [-0.3, -0.25) is 19.8 Å². The molecule has 1 aromatic carbocycles. The number of ether oxygens (including phenoxy) is 1. The van der Waals surface area contributed by atoms with Crippen LogP contribution in [0.4, 0.5) is 0 Å². The average Bonchev–Trinajstić information content (AvgIpc) is 3.32. The number of rotatable bonds is 12. The van der Waals surface area contributed by atoms with E-state index in [1.807, 2.05) is 0 Å². The molecule has 1 saturated carbocycles. The molecule has 0 radical (unpaired) electrons. The number of amidine groups is 1. The third kappa shape index (κ3) is 7.78. The van der Waals surface area contributed by atoms with E-state index in [0.29, 0.717) is 37.5 Å². The molecule has 1 saturated heterocycles. The average molecular weight is 544 g/mol. The zero-order chi connectivity index (χ0) is 27.7. The highest BCUT2D eigenvalue weighted by Gasteiger charge is 2.55. The van der Waals surface area contributed by atoms with Gasteiger partial charge in [0.2, 0.25) is 18.2 Å². The number of carboxylic acid groups (broad SMARTS) is 1. The summed E-state index contributed by atoms with van der Waals surface area (Å²) in [6.45, 7) is 3.04. The molecule has 0 bridgehead atoms. The fourth-order valence-electron chi connectivity index (χ4n) is 4.20. The molecule has 6 N–H and O–H groups in total. The highest BCUT2D eigenvalue weighted by molar-refractivity contribution is 7.10. The lowest BCUT2D eigenvalue weighted by Crippen LogP contribution is -2.50. The van der Waals surface area contributed by atoms with Gasteiger partial charge in [-0.25, -0.2) is 4.79 Å². The summed E-state index contributed by atoms with van der Waals surface area (Å²) in [7, 11) is 0. The van der Waals surface area contributed by atoms with Crippen LogP contribution in [0.2, 0.25) is 0 Å². The SMILES string of the molecule is CCCCOc1ccc(C(=O)O)cc1.N=C(N)c1csc(CNC(=O)C2CC3CC3N2C(=O)CNC=O)c1. The van der Waals surface area contributed by atoms with Gasteiger partial charge in [0, 0.05) is 21.9 Å². The molecule has 1 aliphatic heterocycles. The minimum Gasteiger partial charge on any atom is -0.494 e. The van der Waals surface area contributed by atoms with Gasteiger partial charge in [0.1, 0.15) is 17.6 Å². The minimum absolute atomic E-state index is 0.000781. The predicted octanol–water partition coefficient (Wildman–Crippen LogP) is 1.95. The maximum atomic E-state index is 12.5. The molecule has 204 valence electrons. The topological polar surface area (TPSA) is 175 Å². The molecule has 1 aromatic heterocycles. The zero-order valence-electron chi connectivity index (χ0n) is 21.1. The first-order chi connectivity index (χ1) is 18.2. The molecule has 12 heteroatoms. The fraction of sp³-hybridized carbons (Fsp3) is 0.423. The van der Waals surface area contributed by atoms with Crippen LogP contribution in [0.25, 0.3) is 0 Å². The summed E-state index contributed by atoms with van der Waals surface area (Å²) >= 11 is 1.42. The number of fused-ring (bicyclic) bond motifs is 1. The van der Waals surface area contributed by atoms with Crippen LogP contribution in [0, 0.1) is 11.3 Å². The number of carboxylic acids is 1. The van der Waals surface area contributed by atoms with Crippen molar-refractivity contribution < 1.29 is 29.0 Å². The molecule has 11 nitrogen and oxygen atoms in total. The van der Waals surface area contributed by atoms with E-state index in [-0.39, 0.29) is 35.8 Å². The van der Waals surface area contributed by atoms with Crippen molar-refractivity contribution in [3.8, 4) is 5.75 Å². The van der Waals surface area contributed by atoms with Gasteiger partial charge in [-0.05, 0) is 55.5 Å². The molecule has 2 heterocycles. The van der Waals surface area contributed by atoms with Crippen LogP contribution >= 0.6 is 11.3 Å². The number of nitrogen functional groups attached to an aromatic ring is 1. The normalized spacial score (nSPS) is 18.9. The van der Waals surface area contributed by atoms with E-state index in [9.17, 15) is 19.2 Å². The second-order valence-corrected chi connectivity index (χ2v) is 10.1. The number of benzene rings is 1. The van der Waals surface area contributed by atoms with Crippen molar-refractivity contribution in [1.82, 2.24) is 15.5 Å². The third-order valence-electron chi connectivity index (χ3n) is 6.30. The van der Waals surface area contributed by atoms with Crippen LogP contribution < -0.4 is 21.1 Å². The van der Waals surface area contributed by atoms with Crippen LogP contribution in [0.1, 0.15) is 53.4 Å². The number of hydrogen-bond acceptors (Lipinski definition) is 7. The first-order valence-electron chi connectivity index (χ1n) is 12.4. The van der Waals surface area contributed by atoms with Crippen LogP contribution in [0.3, 0.4) is 0 Å². The van der Waals surface area contributed by atoms with Gasteiger partial charge in [-0.15, -0.1) is 11.3 Å². The number of hydrogen-bond donors (Lipinski definition) is 5. The van der Waals surface area contributed by atoms with Crippen molar-refractivity contribution in [2.75, 3.05) is 13.2 Å². The molecule has 0 spiro atoms. The number of nitrogens with two attached hydrogens (primary N) is 1. The highest BCUT2D eigenvalue weighted by Crippen LogP contribution is 2.47. The van der Waals surface area contributed by atoms with E-state index < -0.39 is 12.0 Å². The standard InChI is InChI=1S/C15H19N5O3S.C11H14O3/c16-14(17)9-1-10(24-6-9)4-19-15(23)12-3-8-2-11(8)20(12)13(22)5-18-7-21;1-2-3-8-14-10-6-4-9(5-7-10)11(12)13/h1,6-8,11-12H,2-5H2,(H3,16,17)(H,18,21)(H,19,23);4-7H,2-3,8H2,1H3,(H,12,13). The highest BCUT2D eigenvalue weighted by atomic mass is 32.1. The van der Waals surface area contributed by atoms with Crippen molar-refractivity contribution in [2.24, 2.45) is 11.7 Å². The molecular weight excluding hydrogens is 510 g/mol. The molecule has 1 aliphatic carbocycles. The van der Waals surface area contributed by atoms with Crippen molar-refractivity contribution in [1.29, 1.82) is 5.41 Å². The number of piperidine rings is 1. The number of carbonyl (C=O) groups is 4. The van der Waals surface area contributed by atoms with Gasteiger partial charge in [0.15, 0.2) is 0 Å². The van der Waals surface area contributed by atoms with Crippen LogP contribution in [-0.2, 0) is 20.9 Å². The maximum Gasteiger partial charge on any atom is 0.335 e. The fourth-order valence-corrected chi connectivity index (χ4v) is 5.03. The number of aromatic carboxylic acids is 1. The predicted molar refractivity (Wildman–Crippen MR) is 142 cm³/mol. The summed E-state index contributed by atoms with van der Waals surface area (Å²) < 4.78 is 5.39. The molecule has 2 aliphatic rings. The molecule has 3 amide bonds. The van der Waals surface area contributed by atoms with Crippen LogP contribution in [-0.4, -0.2) is 65.3 Å². The molecule has 2 aromatic rings. The van der Waals surface area contributed by atoms with E-state index >= 15 is 0 Å². The molecule has 3 atom stereocenters. The Morgan fingerprint density at radius 3 is 2.58 bits per heavy atom. The maximum absolute atomic E-state index is 12.5. The summed E-state index contributed by atoms with van der Waals surface area (Å²) in [5.41, 5.74) is 6.35. The van der Waals surface area contributed by atoms with Crippen LogP contribution in [0.5, 0.6) is 5.75 Å². The van der Waals surface area contributed by atoms with Crippen molar-refractivity contribution in [3.05, 3.63) is 51.7 Å². The van der Waals surface area contributed by atoms with Crippen LogP contribution in [0.15, 0.2) is 35.7 Å². The van der Waals surface area contributed by atoms with Gasteiger partial charge < -0.3 is 31.1 Å². The quantitative estimate of drug-likeness (QED) is 0.118. The second kappa shape index (κ2) is 13.6. The van der Waals surface area contributed by atoms with Gasteiger partial charge >= 0.3 is 5.97 Å². The van der Waals surface area contributed by atoms with E-state index in [0.717, 1.165) is 29.9 Å². The summed E-state index contributed by atoms with van der Waals surface area (Å²) in [5, 5.41) is 23.0. The van der Waals surface area contributed by atoms with Gasteiger partial charge in [0.25, 0.3) is 0 Å². The number of nitrogens with one attached hydrogen (secondary N) is 3. The first kappa shape index (κ1) is 28.6. The van der Waals surface area contributed by atoms with E-state index in [4.69, 9.17) is 21.0 Å². The number of amides is 3. The Labute approximate surface area is 224 Å². The Bertz CT molecular complexity index is 1150. The van der Waals surface area contributed by atoms with Crippen molar-refractivity contribution in [3.63, 3.8) is 0 Å². The Kier molecular flexibility index (Phi) is 10.2. The number of thiophene rings is 1. The Balaban J connectivity index is 0.000000244. The Morgan fingerprint density at radius 2 is 1.97 bits per heavy atom. The lowest BCUT2D eigenvalue weighted by Gasteiger charge is -2.26. The molecule has 38 heavy (non-hydrogen) atoms. The summed E-state index contributed by atoms with van der Waals surface area (Å²) in [4.78, 5) is 48.1. The Hall–Kier alpha value is -3.93. The summed E-state index contributed by atoms with van der Waals surface area (Å²) in [6, 6.07) is 7.89. The molecular formula is C26H33N5O6S. The zero-order valence-corrected chi connectivity index (χ0v) is 22.0. The first-order valence-corrected chi connectivity index (χ1v) is 13.3. The largest absolute Gasteiger partial charge is 0.494 e. The number of nitrogens with zero attached hydrogens (tertiary/aromatic N) is 1. The summed E-state index contributed by atoms with van der Waals surface area (Å²) in [5.74, 6) is -0.193. The second-order valence-electron chi connectivity index (χ2n) is 9.08. The smallest absolute Gasteiger partial charge is 0.335 e. The number of unbranched alkanes of at least 4 members (excludes halogenated alkanes) is 1. The molecule has 4 rings (SSSR count). The third-order valence-corrected chi connectivity index (χ3v) is 7.24. The van der Waals surface area contributed by atoms with Gasteiger partial charge in [-0.2, -0.15) is 0 Å².